The van der Waals surface area contributed by atoms with E-state index < -0.39 is 5.97 Å². The van der Waals surface area contributed by atoms with Gasteiger partial charge in [-0.15, -0.1) is 6.42 Å². The predicted octanol–water partition coefficient (Wildman–Crippen LogP) is 1.95. The van der Waals surface area contributed by atoms with E-state index in [0.717, 1.165) is 16.5 Å². The average molecular weight is 243 g/mol. The van der Waals surface area contributed by atoms with E-state index in [1.807, 2.05) is 24.3 Å². The summed E-state index contributed by atoms with van der Waals surface area (Å²) in [6.07, 6.45) is 6.89. The maximum absolute atomic E-state index is 10.7. The first-order valence-corrected chi connectivity index (χ1v) is 5.53. The molecule has 0 amide bonds. The minimum Gasteiger partial charge on any atom is -0.480 e. The standard InChI is InChI=1S/C14H13NO3/c1-2-7-15(9-14(16)17)8-11-10-18-13-6-4-3-5-12(11)13/h1,3-6,10H,7-9H2,(H,16,17). The number of aliphatic carboxylic acids is 1. The summed E-state index contributed by atoms with van der Waals surface area (Å²) >= 11 is 0. The summed E-state index contributed by atoms with van der Waals surface area (Å²) in [6.45, 7) is 0.684. The van der Waals surface area contributed by atoms with E-state index in [2.05, 4.69) is 5.92 Å². The maximum atomic E-state index is 10.7. The van der Waals surface area contributed by atoms with E-state index in [1.165, 1.54) is 0 Å². The molecule has 1 aromatic heterocycles. The van der Waals surface area contributed by atoms with Crippen molar-refractivity contribution in [2.45, 2.75) is 6.54 Å². The fourth-order valence-electron chi connectivity index (χ4n) is 1.88. The molecule has 0 fully saturated rings. The summed E-state index contributed by atoms with van der Waals surface area (Å²) in [5.41, 5.74) is 1.74. The van der Waals surface area contributed by atoms with E-state index in [4.69, 9.17) is 15.9 Å². The number of hydrogen-bond acceptors (Lipinski definition) is 3. The molecule has 0 aliphatic carbocycles. The number of carboxylic acids is 1. The molecule has 18 heavy (non-hydrogen) atoms. The van der Waals surface area contributed by atoms with Crippen LogP contribution in [-0.4, -0.2) is 29.1 Å². The Morgan fingerprint density at radius 2 is 2.22 bits per heavy atom. The number of para-hydroxylation sites is 1. The Morgan fingerprint density at radius 1 is 1.44 bits per heavy atom. The second-order valence-electron chi connectivity index (χ2n) is 4.00. The van der Waals surface area contributed by atoms with Crippen LogP contribution >= 0.6 is 0 Å². The second-order valence-corrected chi connectivity index (χ2v) is 4.00. The highest BCUT2D eigenvalue weighted by molar-refractivity contribution is 5.80. The summed E-state index contributed by atoms with van der Waals surface area (Å²) in [5, 5.41) is 9.81. The molecule has 0 aliphatic heterocycles. The third-order valence-corrected chi connectivity index (χ3v) is 2.63. The summed E-state index contributed by atoms with van der Waals surface area (Å²) < 4.78 is 5.41. The molecule has 0 unspecified atom stereocenters. The highest BCUT2D eigenvalue weighted by atomic mass is 16.4. The molecule has 0 saturated heterocycles. The number of benzene rings is 1. The van der Waals surface area contributed by atoms with Gasteiger partial charge in [0.05, 0.1) is 19.4 Å². The van der Waals surface area contributed by atoms with Crippen molar-refractivity contribution in [2.75, 3.05) is 13.1 Å². The molecule has 0 radical (unpaired) electrons. The van der Waals surface area contributed by atoms with Crippen LogP contribution in [0.1, 0.15) is 5.56 Å². The third kappa shape index (κ3) is 2.70. The topological polar surface area (TPSA) is 53.7 Å². The zero-order valence-electron chi connectivity index (χ0n) is 9.80. The summed E-state index contributed by atoms with van der Waals surface area (Å²) in [5.74, 6) is 1.57. The first-order chi connectivity index (χ1) is 8.70. The zero-order valence-corrected chi connectivity index (χ0v) is 9.80. The molecule has 1 N–H and O–H groups in total. The molecule has 0 spiro atoms. The lowest BCUT2D eigenvalue weighted by molar-refractivity contribution is -0.138. The predicted molar refractivity (Wildman–Crippen MR) is 68.0 cm³/mol. The van der Waals surface area contributed by atoms with Crippen molar-refractivity contribution in [3.05, 3.63) is 36.1 Å². The molecule has 2 aromatic rings. The summed E-state index contributed by atoms with van der Waals surface area (Å²) in [7, 11) is 0. The van der Waals surface area contributed by atoms with Gasteiger partial charge in [0.2, 0.25) is 0 Å². The van der Waals surface area contributed by atoms with Crippen LogP contribution in [0.2, 0.25) is 0 Å². The van der Waals surface area contributed by atoms with Gasteiger partial charge in [0.1, 0.15) is 5.58 Å². The Balaban J connectivity index is 2.20. The molecular weight excluding hydrogens is 230 g/mol. The number of carbonyl (C=O) groups is 1. The number of rotatable bonds is 5. The van der Waals surface area contributed by atoms with Crippen molar-refractivity contribution in [3.8, 4) is 12.3 Å². The Hall–Kier alpha value is -2.25. The number of nitrogens with zero attached hydrogens (tertiary/aromatic N) is 1. The van der Waals surface area contributed by atoms with Gasteiger partial charge in [0.15, 0.2) is 0 Å². The van der Waals surface area contributed by atoms with Crippen LogP contribution in [0.3, 0.4) is 0 Å². The summed E-state index contributed by atoms with van der Waals surface area (Å²) in [4.78, 5) is 12.4. The van der Waals surface area contributed by atoms with Crippen LogP contribution < -0.4 is 0 Å². The highest BCUT2D eigenvalue weighted by Crippen LogP contribution is 2.21. The quantitative estimate of drug-likeness (QED) is 0.815. The minimum absolute atomic E-state index is 0.0797. The van der Waals surface area contributed by atoms with E-state index >= 15 is 0 Å². The van der Waals surface area contributed by atoms with Gasteiger partial charge < -0.3 is 9.52 Å². The molecule has 2 rings (SSSR count). The lowest BCUT2D eigenvalue weighted by Crippen LogP contribution is -2.29. The van der Waals surface area contributed by atoms with Crippen molar-refractivity contribution in [1.29, 1.82) is 0 Å². The van der Waals surface area contributed by atoms with Gasteiger partial charge in [0, 0.05) is 17.5 Å². The Bertz CT molecular complexity index is 594. The second kappa shape index (κ2) is 5.39. The van der Waals surface area contributed by atoms with Gasteiger partial charge in [-0.1, -0.05) is 24.1 Å². The fraction of sp³-hybridized carbons (Fsp3) is 0.214. The monoisotopic (exact) mass is 243 g/mol. The fourth-order valence-corrected chi connectivity index (χ4v) is 1.88. The largest absolute Gasteiger partial charge is 0.480 e. The van der Waals surface area contributed by atoms with Gasteiger partial charge >= 0.3 is 5.97 Å². The first kappa shape index (κ1) is 12.2. The first-order valence-electron chi connectivity index (χ1n) is 5.53. The highest BCUT2D eigenvalue weighted by Gasteiger charge is 2.12. The smallest absolute Gasteiger partial charge is 0.317 e. The van der Waals surface area contributed by atoms with Crippen LogP contribution in [0.25, 0.3) is 11.0 Å². The third-order valence-electron chi connectivity index (χ3n) is 2.63. The number of terminal acetylenes is 1. The van der Waals surface area contributed by atoms with Crippen molar-refractivity contribution < 1.29 is 14.3 Å². The van der Waals surface area contributed by atoms with Crippen LogP contribution in [-0.2, 0) is 11.3 Å². The van der Waals surface area contributed by atoms with Crippen molar-refractivity contribution in [1.82, 2.24) is 4.90 Å². The number of furan rings is 1. The Labute approximate surface area is 105 Å². The molecule has 4 heteroatoms. The number of fused-ring (bicyclic) bond motifs is 1. The van der Waals surface area contributed by atoms with Crippen molar-refractivity contribution >= 4 is 16.9 Å². The van der Waals surface area contributed by atoms with Gasteiger partial charge in [-0.3, -0.25) is 9.69 Å². The maximum Gasteiger partial charge on any atom is 0.317 e. The van der Waals surface area contributed by atoms with Crippen LogP contribution in [0.15, 0.2) is 34.9 Å². The molecule has 0 aliphatic rings. The molecule has 1 aromatic carbocycles. The van der Waals surface area contributed by atoms with Crippen molar-refractivity contribution in [3.63, 3.8) is 0 Å². The lowest BCUT2D eigenvalue weighted by Gasteiger charge is -2.16. The number of hydrogen-bond donors (Lipinski definition) is 1. The molecule has 1 heterocycles. The van der Waals surface area contributed by atoms with Crippen LogP contribution in [0.4, 0.5) is 0 Å². The van der Waals surface area contributed by atoms with E-state index in [9.17, 15) is 4.79 Å². The average Bonchev–Trinajstić information content (AvgIpc) is 2.72. The Kier molecular flexibility index (Phi) is 3.66. The normalized spacial score (nSPS) is 10.7. The van der Waals surface area contributed by atoms with E-state index in [0.29, 0.717) is 13.1 Å². The minimum atomic E-state index is -0.891. The summed E-state index contributed by atoms with van der Waals surface area (Å²) in [6, 6.07) is 7.64. The molecule has 92 valence electrons. The Morgan fingerprint density at radius 3 is 2.94 bits per heavy atom. The van der Waals surface area contributed by atoms with Gasteiger partial charge in [0.25, 0.3) is 0 Å². The molecule has 0 atom stereocenters. The van der Waals surface area contributed by atoms with Crippen LogP contribution in [0, 0.1) is 12.3 Å². The number of carboxylic acid groups (broad SMARTS) is 1. The van der Waals surface area contributed by atoms with Gasteiger partial charge in [-0.2, -0.15) is 0 Å². The van der Waals surface area contributed by atoms with E-state index in [-0.39, 0.29) is 6.54 Å². The molecule has 0 saturated carbocycles. The molecule has 0 bridgehead atoms. The molecular formula is C14H13NO3. The van der Waals surface area contributed by atoms with Crippen LogP contribution in [0.5, 0.6) is 0 Å². The molecule has 4 nitrogen and oxygen atoms in total. The SMILES string of the molecule is C#CCN(CC(=O)O)Cc1coc2ccccc12. The zero-order chi connectivity index (χ0) is 13.0. The van der Waals surface area contributed by atoms with Crippen molar-refractivity contribution in [2.24, 2.45) is 0 Å². The van der Waals surface area contributed by atoms with E-state index in [1.54, 1.807) is 11.2 Å². The van der Waals surface area contributed by atoms with Gasteiger partial charge in [-0.05, 0) is 6.07 Å². The lowest BCUT2D eigenvalue weighted by atomic mass is 10.1. The van der Waals surface area contributed by atoms with Gasteiger partial charge in [-0.25, -0.2) is 0 Å².